The maximum atomic E-state index is 13.4. The molecule has 0 bridgehead atoms. The Morgan fingerprint density at radius 2 is 1.77 bits per heavy atom. The molecule has 0 atom stereocenters. The molecule has 2 aromatic rings. The number of benzene rings is 2. The van der Waals surface area contributed by atoms with Gasteiger partial charge in [-0.05, 0) is 31.5 Å². The molecule has 116 valence electrons. The van der Waals surface area contributed by atoms with Crippen molar-refractivity contribution in [1.82, 2.24) is 0 Å². The van der Waals surface area contributed by atoms with E-state index in [2.05, 4.69) is 23.5 Å². The Bertz CT molecular complexity index is 668. The van der Waals surface area contributed by atoms with E-state index in [1.165, 1.54) is 29.0 Å². The molecule has 22 heavy (non-hydrogen) atoms. The predicted octanol–water partition coefficient (Wildman–Crippen LogP) is 4.45. The first-order valence-electron chi connectivity index (χ1n) is 6.84. The zero-order chi connectivity index (χ0) is 16.1. The van der Waals surface area contributed by atoms with Crippen LogP contribution in [0.15, 0.2) is 36.4 Å². The number of hydrogen-bond donors (Lipinski definition) is 1. The molecule has 0 heterocycles. The maximum absolute atomic E-state index is 13.4. The van der Waals surface area contributed by atoms with E-state index in [1.807, 2.05) is 13.8 Å². The summed E-state index contributed by atoms with van der Waals surface area (Å²) in [7, 11) is 0. The molecule has 0 unspecified atom stereocenters. The fraction of sp³-hybridized carbons (Fsp3) is 0.235. The van der Waals surface area contributed by atoms with Crippen molar-refractivity contribution in [3.63, 3.8) is 0 Å². The van der Waals surface area contributed by atoms with Crippen LogP contribution in [0.4, 0.5) is 14.5 Å². The first kappa shape index (κ1) is 16.5. The second kappa shape index (κ2) is 7.40. The average Bonchev–Trinajstić information content (AvgIpc) is 2.41. The van der Waals surface area contributed by atoms with Gasteiger partial charge in [-0.25, -0.2) is 8.78 Å². The number of rotatable bonds is 5. The average molecular weight is 321 g/mol. The molecule has 2 rings (SSSR count). The lowest BCUT2D eigenvalue weighted by molar-refractivity contribution is -0.113. The number of nitrogens with one attached hydrogen (secondary N) is 1. The van der Waals surface area contributed by atoms with Crippen molar-refractivity contribution in [3.8, 4) is 0 Å². The van der Waals surface area contributed by atoms with Crippen LogP contribution >= 0.6 is 11.8 Å². The molecule has 2 nitrogen and oxygen atoms in total. The zero-order valence-electron chi connectivity index (χ0n) is 12.5. The Labute approximate surface area is 132 Å². The van der Waals surface area contributed by atoms with E-state index in [0.29, 0.717) is 5.75 Å². The van der Waals surface area contributed by atoms with Gasteiger partial charge in [0.05, 0.1) is 11.4 Å². The topological polar surface area (TPSA) is 29.1 Å². The summed E-state index contributed by atoms with van der Waals surface area (Å²) in [5.74, 6) is -0.821. The van der Waals surface area contributed by atoms with E-state index >= 15 is 0 Å². The van der Waals surface area contributed by atoms with Crippen LogP contribution in [0.1, 0.15) is 16.7 Å². The van der Waals surface area contributed by atoms with Crippen molar-refractivity contribution in [3.05, 3.63) is 64.7 Å². The SMILES string of the molecule is Cc1cc(C)cc(CSCC(=O)Nc2ccc(F)cc2F)c1. The van der Waals surface area contributed by atoms with E-state index < -0.39 is 11.6 Å². The van der Waals surface area contributed by atoms with Crippen molar-refractivity contribution in [2.75, 3.05) is 11.1 Å². The standard InChI is InChI=1S/C17H17F2NOS/c1-11-5-12(2)7-13(6-11)9-22-10-17(21)20-16-4-3-14(18)8-15(16)19/h3-8H,9-10H2,1-2H3,(H,20,21). The summed E-state index contributed by atoms with van der Waals surface area (Å²) in [4.78, 5) is 11.8. The fourth-order valence-corrected chi connectivity index (χ4v) is 2.95. The highest BCUT2D eigenvalue weighted by Crippen LogP contribution is 2.18. The summed E-state index contributed by atoms with van der Waals surface area (Å²) < 4.78 is 26.2. The summed E-state index contributed by atoms with van der Waals surface area (Å²) in [5.41, 5.74) is 3.53. The minimum absolute atomic E-state index is 0.00148. The Kier molecular flexibility index (Phi) is 5.55. The van der Waals surface area contributed by atoms with E-state index in [9.17, 15) is 13.6 Å². The summed E-state index contributed by atoms with van der Waals surface area (Å²) in [6, 6.07) is 9.34. The lowest BCUT2D eigenvalue weighted by Crippen LogP contribution is -2.15. The van der Waals surface area contributed by atoms with Gasteiger partial charge in [0.2, 0.25) is 5.91 Å². The van der Waals surface area contributed by atoms with Crippen molar-refractivity contribution in [2.24, 2.45) is 0 Å². The summed E-state index contributed by atoms with van der Waals surface area (Å²) >= 11 is 1.45. The van der Waals surface area contributed by atoms with Crippen LogP contribution < -0.4 is 5.32 Å². The molecule has 0 radical (unpaired) electrons. The second-order valence-electron chi connectivity index (χ2n) is 5.16. The van der Waals surface area contributed by atoms with E-state index in [-0.39, 0.29) is 17.3 Å². The molecule has 0 saturated heterocycles. The smallest absolute Gasteiger partial charge is 0.234 e. The number of amides is 1. The first-order chi connectivity index (χ1) is 10.4. The normalized spacial score (nSPS) is 10.5. The highest BCUT2D eigenvalue weighted by molar-refractivity contribution is 7.99. The Morgan fingerprint density at radius 3 is 2.41 bits per heavy atom. The third-order valence-electron chi connectivity index (χ3n) is 2.99. The van der Waals surface area contributed by atoms with Crippen LogP contribution in [0.3, 0.4) is 0 Å². The second-order valence-corrected chi connectivity index (χ2v) is 6.15. The molecule has 0 spiro atoms. The molecule has 5 heteroatoms. The number of hydrogen-bond acceptors (Lipinski definition) is 2. The van der Waals surface area contributed by atoms with Crippen LogP contribution in [0, 0.1) is 25.5 Å². The molecule has 0 aromatic heterocycles. The summed E-state index contributed by atoms with van der Waals surface area (Å²) in [6.07, 6.45) is 0. The molecule has 0 fully saturated rings. The third kappa shape index (κ3) is 4.84. The fourth-order valence-electron chi connectivity index (χ4n) is 2.19. The number of carbonyl (C=O) groups excluding carboxylic acids is 1. The lowest BCUT2D eigenvalue weighted by atomic mass is 10.1. The van der Waals surface area contributed by atoms with Crippen LogP contribution in [0.25, 0.3) is 0 Å². The van der Waals surface area contributed by atoms with Crippen molar-refractivity contribution >= 4 is 23.4 Å². The van der Waals surface area contributed by atoms with Gasteiger partial charge in [0.25, 0.3) is 0 Å². The lowest BCUT2D eigenvalue weighted by Gasteiger charge is -2.07. The van der Waals surface area contributed by atoms with Gasteiger partial charge in [0.15, 0.2) is 0 Å². The third-order valence-corrected chi connectivity index (χ3v) is 3.99. The number of aryl methyl sites for hydroxylation is 2. The molecule has 0 saturated carbocycles. The molecule has 2 aromatic carbocycles. The molecule has 0 aliphatic heterocycles. The van der Waals surface area contributed by atoms with Crippen LogP contribution in [-0.2, 0) is 10.5 Å². The van der Waals surface area contributed by atoms with E-state index in [4.69, 9.17) is 0 Å². The molecular formula is C17H17F2NOS. The van der Waals surface area contributed by atoms with Gasteiger partial charge in [0, 0.05) is 11.8 Å². The van der Waals surface area contributed by atoms with Gasteiger partial charge < -0.3 is 5.32 Å². The van der Waals surface area contributed by atoms with Crippen molar-refractivity contribution < 1.29 is 13.6 Å². The van der Waals surface area contributed by atoms with Gasteiger partial charge in [-0.15, -0.1) is 11.8 Å². The van der Waals surface area contributed by atoms with E-state index in [1.54, 1.807) is 0 Å². The Hall–Kier alpha value is -1.88. The van der Waals surface area contributed by atoms with Gasteiger partial charge in [0.1, 0.15) is 11.6 Å². The van der Waals surface area contributed by atoms with Crippen molar-refractivity contribution in [2.45, 2.75) is 19.6 Å². The number of halogens is 2. The molecular weight excluding hydrogens is 304 g/mol. The highest BCUT2D eigenvalue weighted by Gasteiger charge is 2.08. The van der Waals surface area contributed by atoms with Gasteiger partial charge >= 0.3 is 0 Å². The number of anilines is 1. The summed E-state index contributed by atoms with van der Waals surface area (Å²) in [6.45, 7) is 4.07. The quantitative estimate of drug-likeness (QED) is 0.881. The molecule has 0 aliphatic rings. The monoisotopic (exact) mass is 321 g/mol. The zero-order valence-corrected chi connectivity index (χ0v) is 13.3. The molecule has 0 aliphatic carbocycles. The highest BCUT2D eigenvalue weighted by atomic mass is 32.2. The molecule has 1 amide bonds. The van der Waals surface area contributed by atoms with E-state index in [0.717, 1.165) is 17.7 Å². The van der Waals surface area contributed by atoms with Crippen LogP contribution in [0.2, 0.25) is 0 Å². The minimum Gasteiger partial charge on any atom is -0.323 e. The van der Waals surface area contributed by atoms with Gasteiger partial charge in [-0.3, -0.25) is 4.79 Å². The largest absolute Gasteiger partial charge is 0.323 e. The summed E-state index contributed by atoms with van der Waals surface area (Å²) in [5, 5.41) is 2.45. The Morgan fingerprint density at radius 1 is 1.09 bits per heavy atom. The van der Waals surface area contributed by atoms with Crippen LogP contribution in [0.5, 0.6) is 0 Å². The van der Waals surface area contributed by atoms with Crippen LogP contribution in [-0.4, -0.2) is 11.7 Å². The number of carbonyl (C=O) groups is 1. The molecule has 1 N–H and O–H groups in total. The van der Waals surface area contributed by atoms with Crippen molar-refractivity contribution in [1.29, 1.82) is 0 Å². The number of thioether (sulfide) groups is 1. The van der Waals surface area contributed by atoms with Gasteiger partial charge in [-0.2, -0.15) is 0 Å². The van der Waals surface area contributed by atoms with Gasteiger partial charge in [-0.1, -0.05) is 29.3 Å². The first-order valence-corrected chi connectivity index (χ1v) is 7.99. The minimum atomic E-state index is -0.771. The Balaban J connectivity index is 1.85. The maximum Gasteiger partial charge on any atom is 0.234 e. The predicted molar refractivity (Wildman–Crippen MR) is 87.1 cm³/mol.